The Bertz CT molecular complexity index is 1070. The van der Waals surface area contributed by atoms with Gasteiger partial charge in [0.1, 0.15) is 22.7 Å². The van der Waals surface area contributed by atoms with Gasteiger partial charge in [-0.3, -0.25) is 0 Å². The van der Waals surface area contributed by atoms with E-state index in [1.165, 1.54) is 11.1 Å². The number of thiophene rings is 1. The monoisotopic (exact) mass is 403 g/mol. The second-order valence-electron chi connectivity index (χ2n) is 6.95. The predicted octanol–water partition coefficient (Wildman–Crippen LogP) is 6.84. The SMILES string of the molecule is CCCCOc1ccc(Nc2ncnc3scc(-c4ccc(CC)cc4)c23)cc1. The van der Waals surface area contributed by atoms with Crippen molar-refractivity contribution in [2.45, 2.75) is 33.1 Å². The summed E-state index contributed by atoms with van der Waals surface area (Å²) in [4.78, 5) is 9.98. The summed E-state index contributed by atoms with van der Waals surface area (Å²) in [5, 5.41) is 6.68. The molecule has 5 heteroatoms. The van der Waals surface area contributed by atoms with Crippen LogP contribution < -0.4 is 10.1 Å². The summed E-state index contributed by atoms with van der Waals surface area (Å²) in [6, 6.07) is 16.8. The average Bonchev–Trinajstić information content (AvgIpc) is 3.20. The van der Waals surface area contributed by atoms with Crippen LogP contribution in [0.15, 0.2) is 60.2 Å². The van der Waals surface area contributed by atoms with Crippen LogP contribution >= 0.6 is 11.3 Å². The highest BCUT2D eigenvalue weighted by Gasteiger charge is 2.13. The molecular weight excluding hydrogens is 378 g/mol. The molecule has 1 N–H and O–H groups in total. The van der Waals surface area contributed by atoms with Crippen LogP contribution in [-0.2, 0) is 6.42 Å². The second kappa shape index (κ2) is 9.05. The Hall–Kier alpha value is -2.92. The molecule has 0 amide bonds. The van der Waals surface area contributed by atoms with Crippen molar-refractivity contribution in [1.29, 1.82) is 0 Å². The van der Waals surface area contributed by atoms with Gasteiger partial charge < -0.3 is 10.1 Å². The van der Waals surface area contributed by atoms with Gasteiger partial charge in [-0.05, 0) is 48.2 Å². The molecule has 2 aromatic carbocycles. The molecule has 0 saturated carbocycles. The number of rotatable bonds is 8. The molecule has 0 saturated heterocycles. The number of nitrogens with zero attached hydrogens (tertiary/aromatic N) is 2. The molecule has 0 spiro atoms. The van der Waals surface area contributed by atoms with Crippen LogP contribution in [-0.4, -0.2) is 16.6 Å². The molecule has 0 atom stereocenters. The zero-order valence-corrected chi connectivity index (χ0v) is 17.6. The summed E-state index contributed by atoms with van der Waals surface area (Å²) in [6.45, 7) is 5.09. The number of ether oxygens (including phenoxy) is 1. The summed E-state index contributed by atoms with van der Waals surface area (Å²) in [5.74, 6) is 1.72. The summed E-state index contributed by atoms with van der Waals surface area (Å²) in [7, 11) is 0. The smallest absolute Gasteiger partial charge is 0.143 e. The largest absolute Gasteiger partial charge is 0.494 e. The number of benzene rings is 2. The maximum atomic E-state index is 5.75. The fourth-order valence-corrected chi connectivity index (χ4v) is 4.12. The minimum absolute atomic E-state index is 0.755. The summed E-state index contributed by atoms with van der Waals surface area (Å²) < 4.78 is 5.75. The fourth-order valence-electron chi connectivity index (χ4n) is 3.21. The topological polar surface area (TPSA) is 47.0 Å². The van der Waals surface area contributed by atoms with Crippen molar-refractivity contribution in [2.75, 3.05) is 11.9 Å². The standard InChI is InChI=1S/C24H25N3OS/c1-3-5-14-28-20-12-10-19(11-13-20)27-23-22-21(15-29-24(22)26-16-25-23)18-8-6-17(4-2)7-9-18/h6-13,15-16H,3-5,14H2,1-2H3,(H,25,26,27). The first-order chi connectivity index (χ1) is 14.3. The summed E-state index contributed by atoms with van der Waals surface area (Å²) in [5.41, 5.74) is 4.66. The molecule has 0 aliphatic rings. The van der Waals surface area contributed by atoms with Crippen LogP contribution in [0.2, 0.25) is 0 Å². The van der Waals surface area contributed by atoms with Crippen molar-refractivity contribution in [3.05, 3.63) is 65.8 Å². The third-order valence-corrected chi connectivity index (χ3v) is 5.81. The lowest BCUT2D eigenvalue weighted by Crippen LogP contribution is -1.98. The Kier molecular flexibility index (Phi) is 6.06. The van der Waals surface area contributed by atoms with E-state index in [4.69, 9.17) is 4.74 Å². The van der Waals surface area contributed by atoms with Gasteiger partial charge in [0.25, 0.3) is 0 Å². The molecule has 0 radical (unpaired) electrons. The average molecular weight is 404 g/mol. The molecule has 4 nitrogen and oxygen atoms in total. The van der Waals surface area contributed by atoms with E-state index in [0.29, 0.717) is 0 Å². The Balaban J connectivity index is 1.61. The van der Waals surface area contributed by atoms with Gasteiger partial charge in [-0.15, -0.1) is 11.3 Å². The molecule has 0 aliphatic carbocycles. The Morgan fingerprint density at radius 3 is 2.48 bits per heavy atom. The number of hydrogen-bond donors (Lipinski definition) is 1. The van der Waals surface area contributed by atoms with Gasteiger partial charge in [0.15, 0.2) is 0 Å². The number of unbranched alkanes of at least 4 members (excludes halogenated alkanes) is 1. The Morgan fingerprint density at radius 2 is 1.76 bits per heavy atom. The van der Waals surface area contributed by atoms with E-state index in [0.717, 1.165) is 58.9 Å². The molecule has 4 rings (SSSR count). The zero-order valence-electron chi connectivity index (χ0n) is 16.8. The lowest BCUT2D eigenvalue weighted by Gasteiger charge is -2.10. The van der Waals surface area contributed by atoms with E-state index in [1.807, 2.05) is 24.3 Å². The lowest BCUT2D eigenvalue weighted by atomic mass is 10.0. The van der Waals surface area contributed by atoms with Crippen molar-refractivity contribution in [1.82, 2.24) is 9.97 Å². The minimum atomic E-state index is 0.755. The number of fused-ring (bicyclic) bond motifs is 1. The van der Waals surface area contributed by atoms with Crippen molar-refractivity contribution in [2.24, 2.45) is 0 Å². The Morgan fingerprint density at radius 1 is 0.966 bits per heavy atom. The van der Waals surface area contributed by atoms with Crippen LogP contribution in [0, 0.1) is 0 Å². The number of hydrogen-bond acceptors (Lipinski definition) is 5. The third-order valence-electron chi connectivity index (χ3n) is 4.93. The quantitative estimate of drug-likeness (QED) is 0.327. The molecule has 148 valence electrons. The highest BCUT2D eigenvalue weighted by molar-refractivity contribution is 7.17. The van der Waals surface area contributed by atoms with Gasteiger partial charge in [-0.2, -0.15) is 0 Å². The number of nitrogens with one attached hydrogen (secondary N) is 1. The highest BCUT2D eigenvalue weighted by Crippen LogP contribution is 2.37. The summed E-state index contributed by atoms with van der Waals surface area (Å²) >= 11 is 1.65. The van der Waals surface area contributed by atoms with Crippen molar-refractivity contribution in [3.8, 4) is 16.9 Å². The lowest BCUT2D eigenvalue weighted by molar-refractivity contribution is 0.309. The molecule has 0 unspecified atom stereocenters. The first-order valence-corrected chi connectivity index (χ1v) is 11.0. The van der Waals surface area contributed by atoms with Crippen LogP contribution in [0.5, 0.6) is 5.75 Å². The number of aryl methyl sites for hydroxylation is 1. The van der Waals surface area contributed by atoms with Gasteiger partial charge in [0.2, 0.25) is 0 Å². The Labute approximate surface area is 175 Å². The van der Waals surface area contributed by atoms with Crippen LogP contribution in [0.25, 0.3) is 21.3 Å². The molecule has 29 heavy (non-hydrogen) atoms. The molecular formula is C24H25N3OS. The maximum Gasteiger partial charge on any atom is 0.143 e. The van der Waals surface area contributed by atoms with E-state index in [9.17, 15) is 0 Å². The normalized spacial score (nSPS) is 11.0. The fraction of sp³-hybridized carbons (Fsp3) is 0.250. The van der Waals surface area contributed by atoms with Crippen molar-refractivity contribution in [3.63, 3.8) is 0 Å². The van der Waals surface area contributed by atoms with Gasteiger partial charge in [0.05, 0.1) is 12.0 Å². The van der Waals surface area contributed by atoms with E-state index in [2.05, 4.69) is 58.8 Å². The number of aromatic nitrogens is 2. The molecule has 2 heterocycles. The van der Waals surface area contributed by atoms with Gasteiger partial charge in [0, 0.05) is 16.6 Å². The first kappa shape index (κ1) is 19.4. The van der Waals surface area contributed by atoms with Crippen LogP contribution in [0.1, 0.15) is 32.3 Å². The molecule has 0 aliphatic heterocycles. The van der Waals surface area contributed by atoms with Crippen LogP contribution in [0.3, 0.4) is 0 Å². The van der Waals surface area contributed by atoms with E-state index in [1.54, 1.807) is 17.7 Å². The van der Waals surface area contributed by atoms with Crippen LogP contribution in [0.4, 0.5) is 11.5 Å². The van der Waals surface area contributed by atoms with E-state index < -0.39 is 0 Å². The zero-order chi connectivity index (χ0) is 20.1. The van der Waals surface area contributed by atoms with Gasteiger partial charge >= 0.3 is 0 Å². The predicted molar refractivity (Wildman–Crippen MR) is 122 cm³/mol. The maximum absolute atomic E-state index is 5.75. The molecule has 2 aromatic heterocycles. The number of anilines is 2. The van der Waals surface area contributed by atoms with E-state index >= 15 is 0 Å². The molecule has 0 bridgehead atoms. The second-order valence-corrected chi connectivity index (χ2v) is 7.81. The van der Waals surface area contributed by atoms with Crippen molar-refractivity contribution < 1.29 is 4.74 Å². The van der Waals surface area contributed by atoms with Crippen molar-refractivity contribution >= 4 is 33.1 Å². The first-order valence-electron chi connectivity index (χ1n) is 10.1. The van der Waals surface area contributed by atoms with Gasteiger partial charge in [-0.25, -0.2) is 9.97 Å². The molecule has 0 fully saturated rings. The third kappa shape index (κ3) is 4.40. The molecule has 4 aromatic rings. The summed E-state index contributed by atoms with van der Waals surface area (Å²) in [6.07, 6.45) is 4.86. The highest BCUT2D eigenvalue weighted by atomic mass is 32.1. The van der Waals surface area contributed by atoms with Gasteiger partial charge in [-0.1, -0.05) is 44.5 Å². The van der Waals surface area contributed by atoms with E-state index in [-0.39, 0.29) is 0 Å². The minimum Gasteiger partial charge on any atom is -0.494 e.